The molecule has 1 aliphatic rings. The average Bonchev–Trinajstić information content (AvgIpc) is 3.11. The van der Waals surface area contributed by atoms with Crippen molar-refractivity contribution in [2.75, 3.05) is 17.7 Å². The molecule has 0 unspecified atom stereocenters. The number of thioether (sulfide) groups is 1. The number of hydrogen-bond acceptors (Lipinski definition) is 7. The third-order valence-electron chi connectivity index (χ3n) is 4.54. The van der Waals surface area contributed by atoms with Gasteiger partial charge in [-0.15, -0.1) is 10.2 Å². The molecule has 0 aliphatic heterocycles. The van der Waals surface area contributed by atoms with Crippen LogP contribution in [0.1, 0.15) is 39.5 Å². The standard InChI is InChI=1S/C19H26N4O2S2/c1-3-25-16-7-5-4-6-15(16)21-18-22-23-19(27-18)26-12-17(24)20-14-10-8-13(2)9-11-14/h4-7,13-14H,3,8-12H2,1-2H3,(H,20,24)(H,21,22). The number of aromatic nitrogens is 2. The van der Waals surface area contributed by atoms with Crippen molar-refractivity contribution in [3.8, 4) is 5.75 Å². The average molecular weight is 407 g/mol. The van der Waals surface area contributed by atoms with Crippen LogP contribution in [-0.4, -0.2) is 34.5 Å². The Balaban J connectivity index is 1.47. The molecule has 27 heavy (non-hydrogen) atoms. The first-order valence-corrected chi connectivity index (χ1v) is 11.2. The number of benzene rings is 1. The highest BCUT2D eigenvalue weighted by Gasteiger charge is 2.20. The van der Waals surface area contributed by atoms with Crippen LogP contribution in [0.15, 0.2) is 28.6 Å². The van der Waals surface area contributed by atoms with E-state index in [0.29, 0.717) is 23.5 Å². The van der Waals surface area contributed by atoms with Crippen LogP contribution in [0.2, 0.25) is 0 Å². The number of nitrogens with zero attached hydrogens (tertiary/aromatic N) is 2. The molecule has 1 aromatic heterocycles. The summed E-state index contributed by atoms with van der Waals surface area (Å²) in [5.41, 5.74) is 0.858. The predicted octanol–water partition coefficient (Wildman–Crippen LogP) is 4.47. The van der Waals surface area contributed by atoms with Gasteiger partial charge in [-0.2, -0.15) is 0 Å². The first kappa shape index (κ1) is 19.9. The number of carbonyl (C=O) groups is 1. The number of hydrogen-bond donors (Lipinski definition) is 2. The maximum Gasteiger partial charge on any atom is 0.230 e. The van der Waals surface area contributed by atoms with Crippen molar-refractivity contribution < 1.29 is 9.53 Å². The Morgan fingerprint density at radius 3 is 2.81 bits per heavy atom. The van der Waals surface area contributed by atoms with Crippen molar-refractivity contribution >= 4 is 39.8 Å². The molecule has 0 radical (unpaired) electrons. The number of carbonyl (C=O) groups excluding carboxylic acids is 1. The fraction of sp³-hybridized carbons (Fsp3) is 0.526. The van der Waals surface area contributed by atoms with Gasteiger partial charge in [0.2, 0.25) is 11.0 Å². The number of amides is 1. The van der Waals surface area contributed by atoms with Crippen LogP contribution in [-0.2, 0) is 4.79 Å². The van der Waals surface area contributed by atoms with Crippen molar-refractivity contribution in [2.24, 2.45) is 5.92 Å². The number of nitrogens with one attached hydrogen (secondary N) is 2. The van der Waals surface area contributed by atoms with Gasteiger partial charge in [0, 0.05) is 6.04 Å². The molecule has 1 aromatic carbocycles. The van der Waals surface area contributed by atoms with E-state index in [2.05, 4.69) is 27.8 Å². The lowest BCUT2D eigenvalue weighted by atomic mass is 9.87. The van der Waals surface area contributed by atoms with Crippen LogP contribution < -0.4 is 15.4 Å². The molecular weight excluding hydrogens is 380 g/mol. The van der Waals surface area contributed by atoms with E-state index in [-0.39, 0.29) is 5.91 Å². The summed E-state index contributed by atoms with van der Waals surface area (Å²) in [4.78, 5) is 12.2. The van der Waals surface area contributed by atoms with Gasteiger partial charge in [-0.05, 0) is 50.7 Å². The molecule has 2 aromatic rings. The SMILES string of the molecule is CCOc1ccccc1Nc1nnc(SCC(=O)NC2CCC(C)CC2)s1. The maximum absolute atomic E-state index is 12.2. The Morgan fingerprint density at radius 1 is 1.26 bits per heavy atom. The second kappa shape index (κ2) is 9.94. The molecule has 1 heterocycles. The Kier molecular flexibility index (Phi) is 7.34. The van der Waals surface area contributed by atoms with Crippen molar-refractivity contribution in [1.29, 1.82) is 0 Å². The van der Waals surface area contributed by atoms with Gasteiger partial charge in [-0.3, -0.25) is 4.79 Å². The minimum atomic E-state index is 0.0750. The molecule has 0 bridgehead atoms. The summed E-state index contributed by atoms with van der Waals surface area (Å²) in [6, 6.07) is 8.06. The summed E-state index contributed by atoms with van der Waals surface area (Å²) < 4.78 is 6.39. The lowest BCUT2D eigenvalue weighted by Crippen LogP contribution is -2.38. The van der Waals surface area contributed by atoms with Gasteiger partial charge < -0.3 is 15.4 Å². The number of para-hydroxylation sites is 2. The van der Waals surface area contributed by atoms with Crippen molar-refractivity contribution in [1.82, 2.24) is 15.5 Å². The summed E-state index contributed by atoms with van der Waals surface area (Å²) in [6.07, 6.45) is 4.58. The third-order valence-corrected chi connectivity index (χ3v) is 6.51. The van der Waals surface area contributed by atoms with Gasteiger partial charge in [0.1, 0.15) is 5.75 Å². The fourth-order valence-corrected chi connectivity index (χ4v) is 4.66. The lowest BCUT2D eigenvalue weighted by molar-refractivity contribution is -0.119. The highest BCUT2D eigenvalue weighted by atomic mass is 32.2. The van der Waals surface area contributed by atoms with E-state index in [1.54, 1.807) is 0 Å². The minimum absolute atomic E-state index is 0.0750. The van der Waals surface area contributed by atoms with Crippen molar-refractivity contribution in [3.05, 3.63) is 24.3 Å². The summed E-state index contributed by atoms with van der Waals surface area (Å²) in [5, 5.41) is 15.4. The molecule has 0 atom stereocenters. The van der Waals surface area contributed by atoms with Gasteiger partial charge in [0.25, 0.3) is 0 Å². The lowest BCUT2D eigenvalue weighted by Gasteiger charge is -2.26. The van der Waals surface area contributed by atoms with E-state index in [0.717, 1.165) is 34.5 Å². The van der Waals surface area contributed by atoms with Gasteiger partial charge in [-0.1, -0.05) is 42.2 Å². The first-order chi connectivity index (χ1) is 13.1. The van der Waals surface area contributed by atoms with E-state index in [9.17, 15) is 4.79 Å². The largest absolute Gasteiger partial charge is 0.492 e. The van der Waals surface area contributed by atoms with Crippen LogP contribution in [0, 0.1) is 5.92 Å². The van der Waals surface area contributed by atoms with Gasteiger partial charge in [0.05, 0.1) is 18.0 Å². The zero-order valence-corrected chi connectivity index (χ0v) is 17.4. The van der Waals surface area contributed by atoms with E-state index in [1.165, 1.54) is 35.9 Å². The smallest absolute Gasteiger partial charge is 0.230 e. The van der Waals surface area contributed by atoms with E-state index < -0.39 is 0 Å². The number of ether oxygens (including phenoxy) is 1. The van der Waals surface area contributed by atoms with Gasteiger partial charge in [0.15, 0.2) is 4.34 Å². The molecule has 1 aliphatic carbocycles. The van der Waals surface area contributed by atoms with E-state index in [1.807, 2.05) is 31.2 Å². The van der Waals surface area contributed by atoms with E-state index >= 15 is 0 Å². The molecule has 6 nitrogen and oxygen atoms in total. The second-order valence-electron chi connectivity index (χ2n) is 6.74. The molecule has 0 spiro atoms. The van der Waals surface area contributed by atoms with Crippen molar-refractivity contribution in [2.45, 2.75) is 49.9 Å². The monoisotopic (exact) mass is 406 g/mol. The number of anilines is 2. The highest BCUT2D eigenvalue weighted by molar-refractivity contribution is 8.01. The minimum Gasteiger partial charge on any atom is -0.492 e. The maximum atomic E-state index is 12.2. The normalized spacial score (nSPS) is 19.5. The summed E-state index contributed by atoms with van der Waals surface area (Å²) >= 11 is 2.86. The second-order valence-corrected chi connectivity index (χ2v) is 8.94. The Hall–Kier alpha value is -1.80. The molecule has 3 rings (SSSR count). The Morgan fingerprint density at radius 2 is 2.04 bits per heavy atom. The molecule has 1 saturated carbocycles. The number of rotatable bonds is 8. The molecule has 146 valence electrons. The molecule has 1 amide bonds. The van der Waals surface area contributed by atoms with E-state index in [4.69, 9.17) is 4.74 Å². The molecule has 8 heteroatoms. The van der Waals surface area contributed by atoms with Crippen LogP contribution in [0.25, 0.3) is 0 Å². The molecule has 1 fully saturated rings. The Bertz CT molecular complexity index is 745. The van der Waals surface area contributed by atoms with Crippen LogP contribution in [0.5, 0.6) is 5.75 Å². The summed E-state index contributed by atoms with van der Waals surface area (Å²) in [7, 11) is 0. The first-order valence-electron chi connectivity index (χ1n) is 9.38. The van der Waals surface area contributed by atoms with Crippen LogP contribution in [0.3, 0.4) is 0 Å². The zero-order chi connectivity index (χ0) is 19.1. The highest BCUT2D eigenvalue weighted by Crippen LogP contribution is 2.31. The van der Waals surface area contributed by atoms with Crippen LogP contribution in [0.4, 0.5) is 10.8 Å². The fourth-order valence-electron chi connectivity index (χ4n) is 3.09. The molecule has 2 N–H and O–H groups in total. The van der Waals surface area contributed by atoms with Gasteiger partial charge >= 0.3 is 0 Å². The molecular formula is C19H26N4O2S2. The Labute approximate surface area is 168 Å². The van der Waals surface area contributed by atoms with Crippen LogP contribution >= 0.6 is 23.1 Å². The summed E-state index contributed by atoms with van der Waals surface area (Å²) in [5.74, 6) is 2.01. The third kappa shape index (κ3) is 6.10. The van der Waals surface area contributed by atoms with Gasteiger partial charge in [-0.25, -0.2) is 0 Å². The predicted molar refractivity (Wildman–Crippen MR) is 111 cm³/mol. The summed E-state index contributed by atoms with van der Waals surface area (Å²) in [6.45, 7) is 4.84. The zero-order valence-electron chi connectivity index (χ0n) is 15.7. The quantitative estimate of drug-likeness (QED) is 0.630. The topological polar surface area (TPSA) is 76.1 Å². The molecule has 0 saturated heterocycles. The van der Waals surface area contributed by atoms with Crippen molar-refractivity contribution in [3.63, 3.8) is 0 Å².